The van der Waals surface area contributed by atoms with E-state index < -0.39 is 0 Å². The largest absolute Gasteiger partial charge is 0.294 e. The molecule has 0 fully saturated rings. The monoisotopic (exact) mass is 598 g/mol. The molecule has 0 unspecified atom stereocenters. The third-order valence-electron chi connectivity index (χ3n) is 9.27. The Morgan fingerprint density at radius 1 is 0.362 bits per heavy atom. The Labute approximate surface area is 273 Å². The van der Waals surface area contributed by atoms with Crippen LogP contribution in [0.1, 0.15) is 0 Å². The molecule has 0 bridgehead atoms. The summed E-state index contributed by atoms with van der Waals surface area (Å²) in [6.45, 7) is 0. The van der Waals surface area contributed by atoms with Crippen molar-refractivity contribution in [1.29, 1.82) is 0 Å². The van der Waals surface area contributed by atoms with Crippen molar-refractivity contribution < 1.29 is 0 Å². The van der Waals surface area contributed by atoms with Crippen molar-refractivity contribution in [3.05, 3.63) is 182 Å². The van der Waals surface area contributed by atoms with Crippen LogP contribution in [0.2, 0.25) is 0 Å². The fraction of sp³-hybridized carbons (Fsp3) is 0. The first-order chi connectivity index (χ1) is 23.3. The second-order valence-electron chi connectivity index (χ2n) is 11.9. The minimum atomic E-state index is 0.879. The Hall–Kier alpha value is -6.25. The van der Waals surface area contributed by atoms with Crippen LogP contribution in [0.5, 0.6) is 0 Å². The molecule has 8 aromatic carbocycles. The molecule has 0 saturated carbocycles. The third kappa shape index (κ3) is 4.54. The number of anilines is 3. The van der Waals surface area contributed by atoms with Gasteiger partial charge in [-0.2, -0.15) is 0 Å². The quantitative estimate of drug-likeness (QED) is 0.145. The zero-order valence-electron chi connectivity index (χ0n) is 25.7. The number of hydrogen-bond donors (Lipinski definition) is 0. The topological polar surface area (TPSA) is 16.1 Å². The van der Waals surface area contributed by atoms with Crippen LogP contribution in [0, 0.1) is 0 Å². The summed E-state index contributed by atoms with van der Waals surface area (Å²) in [4.78, 5) is 7.13. The summed E-state index contributed by atoms with van der Waals surface area (Å²) in [7, 11) is 0. The van der Waals surface area contributed by atoms with Crippen LogP contribution >= 0.6 is 0 Å². The van der Waals surface area contributed by atoms with Crippen molar-refractivity contribution in [1.82, 2.24) is 4.98 Å². The summed E-state index contributed by atoms with van der Waals surface area (Å²) in [5.41, 5.74) is 7.11. The third-order valence-corrected chi connectivity index (χ3v) is 9.27. The van der Waals surface area contributed by atoms with Gasteiger partial charge in [-0.25, -0.2) is 4.98 Å². The van der Waals surface area contributed by atoms with Gasteiger partial charge in [0.15, 0.2) is 0 Å². The predicted molar refractivity (Wildman–Crippen MR) is 200 cm³/mol. The van der Waals surface area contributed by atoms with Gasteiger partial charge in [0.05, 0.1) is 5.69 Å². The van der Waals surface area contributed by atoms with Crippen molar-refractivity contribution in [2.45, 2.75) is 0 Å². The van der Waals surface area contributed by atoms with Crippen LogP contribution in [-0.2, 0) is 0 Å². The van der Waals surface area contributed by atoms with E-state index in [1.807, 2.05) is 12.3 Å². The number of pyridine rings is 1. The number of rotatable bonds is 5. The molecule has 9 rings (SSSR count). The van der Waals surface area contributed by atoms with Crippen LogP contribution < -0.4 is 4.90 Å². The van der Waals surface area contributed by atoms with Crippen molar-refractivity contribution in [2.24, 2.45) is 0 Å². The highest BCUT2D eigenvalue weighted by molar-refractivity contribution is 6.21. The maximum atomic E-state index is 4.85. The molecule has 1 heterocycles. The lowest BCUT2D eigenvalue weighted by molar-refractivity contribution is 1.19. The molecular weight excluding hydrogens is 569 g/mol. The summed E-state index contributed by atoms with van der Waals surface area (Å²) < 4.78 is 0. The lowest BCUT2D eigenvalue weighted by Gasteiger charge is -2.27. The van der Waals surface area contributed by atoms with Crippen molar-refractivity contribution in [3.63, 3.8) is 0 Å². The summed E-state index contributed by atoms with van der Waals surface area (Å²) in [5.74, 6) is 0.879. The Morgan fingerprint density at radius 3 is 1.45 bits per heavy atom. The molecule has 0 aliphatic carbocycles. The first-order valence-corrected chi connectivity index (χ1v) is 16.1. The van der Waals surface area contributed by atoms with E-state index in [0.717, 1.165) is 17.2 Å². The molecule has 0 radical (unpaired) electrons. The summed E-state index contributed by atoms with van der Waals surface area (Å²) in [5, 5.41) is 9.89. The molecule has 0 N–H and O–H groups in total. The number of fused-ring (bicyclic) bond motifs is 5. The zero-order valence-corrected chi connectivity index (χ0v) is 25.7. The van der Waals surface area contributed by atoms with E-state index in [9.17, 15) is 0 Å². The minimum absolute atomic E-state index is 0.879. The maximum Gasteiger partial charge on any atom is 0.137 e. The highest BCUT2D eigenvalue weighted by atomic mass is 15.2. The molecule has 0 saturated heterocycles. The second-order valence-corrected chi connectivity index (χ2v) is 11.9. The highest BCUT2D eigenvalue weighted by Crippen LogP contribution is 2.45. The van der Waals surface area contributed by atoms with E-state index in [0.29, 0.717) is 0 Å². The Morgan fingerprint density at radius 2 is 0.851 bits per heavy atom. The fourth-order valence-electron chi connectivity index (χ4n) is 7.23. The van der Waals surface area contributed by atoms with E-state index in [2.05, 4.69) is 175 Å². The van der Waals surface area contributed by atoms with Gasteiger partial charge in [0.2, 0.25) is 0 Å². The molecule has 2 heteroatoms. The summed E-state index contributed by atoms with van der Waals surface area (Å²) in [6.07, 6.45) is 1.87. The molecule has 0 atom stereocenters. The minimum Gasteiger partial charge on any atom is -0.294 e. The lowest BCUT2D eigenvalue weighted by Crippen LogP contribution is -2.12. The average Bonchev–Trinajstić information content (AvgIpc) is 3.15. The molecule has 2 nitrogen and oxygen atoms in total. The van der Waals surface area contributed by atoms with E-state index in [1.165, 1.54) is 65.3 Å². The van der Waals surface area contributed by atoms with Gasteiger partial charge in [-0.15, -0.1) is 0 Å². The first-order valence-electron chi connectivity index (χ1n) is 16.1. The van der Waals surface area contributed by atoms with E-state index in [-0.39, 0.29) is 0 Å². The molecular formula is C45H30N2. The second kappa shape index (κ2) is 11.3. The molecule has 220 valence electrons. The van der Waals surface area contributed by atoms with Gasteiger partial charge in [0, 0.05) is 17.3 Å². The Kier molecular flexibility index (Phi) is 6.50. The maximum absolute atomic E-state index is 4.85. The number of aromatic nitrogens is 1. The van der Waals surface area contributed by atoms with Crippen LogP contribution in [0.15, 0.2) is 182 Å². The molecule has 0 aliphatic rings. The summed E-state index contributed by atoms with van der Waals surface area (Å²) >= 11 is 0. The number of benzene rings is 8. The van der Waals surface area contributed by atoms with Crippen LogP contribution in [-0.4, -0.2) is 4.98 Å². The number of hydrogen-bond acceptors (Lipinski definition) is 2. The van der Waals surface area contributed by atoms with Crippen molar-refractivity contribution in [2.75, 3.05) is 4.90 Å². The molecule has 9 aromatic rings. The SMILES string of the molecule is c1ccc(-c2c3ccccc3c(-c3ccc(N(c4ccccn4)c4cc5ccccc5c5ccccc45)cc3)c3ccccc23)cc1. The van der Waals surface area contributed by atoms with E-state index in [4.69, 9.17) is 4.98 Å². The van der Waals surface area contributed by atoms with Crippen LogP contribution in [0.25, 0.3) is 65.3 Å². The van der Waals surface area contributed by atoms with Crippen LogP contribution in [0.4, 0.5) is 17.2 Å². The van der Waals surface area contributed by atoms with Crippen LogP contribution in [0.3, 0.4) is 0 Å². The normalized spacial score (nSPS) is 11.4. The Balaban J connectivity index is 1.26. The fourth-order valence-corrected chi connectivity index (χ4v) is 7.23. The van der Waals surface area contributed by atoms with Crippen molar-refractivity contribution in [3.8, 4) is 22.3 Å². The molecule has 0 spiro atoms. The van der Waals surface area contributed by atoms with Crippen molar-refractivity contribution >= 4 is 60.3 Å². The molecule has 1 aromatic heterocycles. The van der Waals surface area contributed by atoms with Gasteiger partial charge in [0.1, 0.15) is 5.82 Å². The molecule has 0 aliphatic heterocycles. The van der Waals surface area contributed by atoms with Gasteiger partial charge >= 0.3 is 0 Å². The van der Waals surface area contributed by atoms with E-state index >= 15 is 0 Å². The Bertz CT molecular complexity index is 2500. The first kappa shape index (κ1) is 27.1. The standard InChI is InChI=1S/C45H30N2/c1-2-14-31(15-3-1)44-38-20-8-10-22-40(38)45(41-23-11-9-21-39(41)44)32-25-27-34(28-26-32)47(43-24-12-13-29-46-43)42-30-33-16-4-5-17-35(33)36-18-6-7-19-37(36)42/h1-30H. The zero-order chi connectivity index (χ0) is 31.2. The smallest absolute Gasteiger partial charge is 0.137 e. The summed E-state index contributed by atoms with van der Waals surface area (Å²) in [6, 6.07) is 63.1. The van der Waals surface area contributed by atoms with Gasteiger partial charge in [-0.3, -0.25) is 4.90 Å². The van der Waals surface area contributed by atoms with Gasteiger partial charge in [0.25, 0.3) is 0 Å². The van der Waals surface area contributed by atoms with Gasteiger partial charge in [-0.1, -0.05) is 146 Å². The molecule has 47 heavy (non-hydrogen) atoms. The average molecular weight is 599 g/mol. The highest BCUT2D eigenvalue weighted by Gasteiger charge is 2.20. The van der Waals surface area contributed by atoms with Gasteiger partial charge in [-0.05, 0) is 90.3 Å². The predicted octanol–water partition coefficient (Wildman–Crippen LogP) is 12.5. The lowest BCUT2D eigenvalue weighted by atomic mass is 9.86. The van der Waals surface area contributed by atoms with Gasteiger partial charge < -0.3 is 0 Å². The van der Waals surface area contributed by atoms with E-state index in [1.54, 1.807) is 0 Å². The molecule has 0 amide bonds. The number of nitrogens with zero attached hydrogens (tertiary/aromatic N) is 2.